The summed E-state index contributed by atoms with van der Waals surface area (Å²) < 4.78 is 1.87. The lowest BCUT2D eigenvalue weighted by Crippen LogP contribution is -2.29. The van der Waals surface area contributed by atoms with Crippen molar-refractivity contribution in [3.05, 3.63) is 11.9 Å². The second kappa shape index (κ2) is 6.09. The minimum atomic E-state index is 0.115. The van der Waals surface area contributed by atoms with Gasteiger partial charge >= 0.3 is 0 Å². The lowest BCUT2D eigenvalue weighted by molar-refractivity contribution is 0.0958. The van der Waals surface area contributed by atoms with Gasteiger partial charge in [-0.15, -0.1) is 5.10 Å². The highest BCUT2D eigenvalue weighted by Gasteiger charge is 2.19. The van der Waals surface area contributed by atoms with Crippen molar-refractivity contribution in [2.24, 2.45) is 5.92 Å². The number of aromatic nitrogens is 3. The monoisotopic (exact) mass is 250 g/mol. The quantitative estimate of drug-likeness (QED) is 0.810. The Kier molecular flexibility index (Phi) is 4.47. The zero-order chi connectivity index (χ0) is 13.0. The summed E-state index contributed by atoms with van der Waals surface area (Å²) >= 11 is 0. The third-order valence-corrected chi connectivity index (χ3v) is 3.71. The van der Waals surface area contributed by atoms with Crippen LogP contribution in [0.15, 0.2) is 6.20 Å². The van der Waals surface area contributed by atoms with E-state index in [1.807, 2.05) is 10.9 Å². The summed E-state index contributed by atoms with van der Waals surface area (Å²) in [4.78, 5) is 12.0. The van der Waals surface area contributed by atoms with E-state index in [0.717, 1.165) is 32.4 Å². The molecule has 2 rings (SSSR count). The normalized spacial score (nSPS) is 18.8. The van der Waals surface area contributed by atoms with Crippen molar-refractivity contribution in [3.63, 3.8) is 0 Å². The molecule has 1 aromatic rings. The van der Waals surface area contributed by atoms with Crippen molar-refractivity contribution in [2.75, 3.05) is 13.1 Å². The predicted molar refractivity (Wildman–Crippen MR) is 69.6 cm³/mol. The molecule has 1 unspecified atom stereocenters. The summed E-state index contributed by atoms with van der Waals surface area (Å²) in [6, 6.07) is 0.392. The third kappa shape index (κ3) is 3.16. The molecule has 18 heavy (non-hydrogen) atoms. The van der Waals surface area contributed by atoms with Crippen LogP contribution < -0.4 is 5.32 Å². The zero-order valence-electron chi connectivity index (χ0n) is 11.2. The average molecular weight is 250 g/mol. The molecule has 0 aromatic carbocycles. The number of ketones is 1. The van der Waals surface area contributed by atoms with E-state index < -0.39 is 0 Å². The molecule has 5 nitrogen and oxygen atoms in total. The predicted octanol–water partition coefficient (Wildman–Crippen LogP) is 1.82. The number of hydrogen-bond donors (Lipinski definition) is 1. The molecule has 0 bridgehead atoms. The Labute approximate surface area is 108 Å². The van der Waals surface area contributed by atoms with Crippen LogP contribution in [-0.4, -0.2) is 33.9 Å². The highest BCUT2D eigenvalue weighted by Crippen LogP contribution is 2.18. The van der Waals surface area contributed by atoms with Crippen molar-refractivity contribution >= 4 is 5.78 Å². The molecule has 100 valence electrons. The Hall–Kier alpha value is -1.23. The molecule has 0 spiro atoms. The minimum absolute atomic E-state index is 0.115. The Bertz CT molecular complexity index is 395. The maximum Gasteiger partial charge on any atom is 0.184 e. The van der Waals surface area contributed by atoms with Crippen LogP contribution in [-0.2, 0) is 0 Å². The molecule has 0 radical (unpaired) electrons. The van der Waals surface area contributed by atoms with Gasteiger partial charge in [0.2, 0.25) is 0 Å². The summed E-state index contributed by atoms with van der Waals surface area (Å²) in [5, 5.41) is 11.5. The SMILES string of the molecule is CCC(C)CC(=O)c1cn(C2CCNCC2)nn1. The minimum Gasteiger partial charge on any atom is -0.317 e. The molecule has 1 aliphatic heterocycles. The van der Waals surface area contributed by atoms with Crippen LogP contribution in [0.25, 0.3) is 0 Å². The van der Waals surface area contributed by atoms with Crippen LogP contribution in [0.5, 0.6) is 0 Å². The smallest absolute Gasteiger partial charge is 0.184 e. The summed E-state index contributed by atoms with van der Waals surface area (Å²) in [5.41, 5.74) is 0.522. The van der Waals surface area contributed by atoms with Crippen molar-refractivity contribution in [3.8, 4) is 0 Å². The van der Waals surface area contributed by atoms with Crippen LogP contribution in [0.4, 0.5) is 0 Å². The Balaban J connectivity index is 1.98. The molecule has 1 atom stereocenters. The third-order valence-electron chi connectivity index (χ3n) is 3.71. The van der Waals surface area contributed by atoms with E-state index in [2.05, 4.69) is 29.5 Å². The van der Waals surface area contributed by atoms with E-state index in [1.54, 1.807) is 0 Å². The molecule has 1 aliphatic rings. The second-order valence-corrected chi connectivity index (χ2v) is 5.21. The lowest BCUT2D eigenvalue weighted by Gasteiger charge is -2.22. The molecule has 5 heteroatoms. The van der Waals surface area contributed by atoms with Crippen LogP contribution in [0, 0.1) is 5.92 Å². The van der Waals surface area contributed by atoms with E-state index in [1.165, 1.54) is 0 Å². The Morgan fingerprint density at radius 2 is 2.28 bits per heavy atom. The summed E-state index contributed by atoms with van der Waals surface area (Å²) in [5.74, 6) is 0.533. The summed E-state index contributed by atoms with van der Waals surface area (Å²) in [7, 11) is 0. The van der Waals surface area contributed by atoms with Crippen molar-refractivity contribution in [1.82, 2.24) is 20.3 Å². The molecule has 0 saturated carbocycles. The molecule has 1 saturated heterocycles. The number of nitrogens with zero attached hydrogens (tertiary/aromatic N) is 3. The maximum atomic E-state index is 12.0. The first-order valence-electron chi connectivity index (χ1n) is 6.86. The van der Waals surface area contributed by atoms with E-state index >= 15 is 0 Å². The zero-order valence-corrected chi connectivity index (χ0v) is 11.2. The van der Waals surface area contributed by atoms with Crippen LogP contribution >= 0.6 is 0 Å². The standard InChI is InChI=1S/C13H22N4O/c1-3-10(2)8-13(18)12-9-17(16-15-12)11-4-6-14-7-5-11/h9-11,14H,3-8H2,1-2H3. The summed E-state index contributed by atoms with van der Waals surface area (Å²) in [6.07, 6.45) is 5.53. The average Bonchev–Trinajstić information content (AvgIpc) is 2.89. The van der Waals surface area contributed by atoms with Gasteiger partial charge in [0.15, 0.2) is 5.78 Å². The molecule has 1 fully saturated rings. The fraction of sp³-hybridized carbons (Fsp3) is 0.769. The van der Waals surface area contributed by atoms with Gasteiger partial charge in [0.05, 0.1) is 12.2 Å². The summed E-state index contributed by atoms with van der Waals surface area (Å²) in [6.45, 7) is 6.22. The number of carbonyl (C=O) groups excluding carboxylic acids is 1. The van der Waals surface area contributed by atoms with Gasteiger partial charge in [-0.05, 0) is 31.8 Å². The molecule has 1 aromatic heterocycles. The molecule has 1 N–H and O–H groups in total. The van der Waals surface area contributed by atoms with Gasteiger partial charge < -0.3 is 5.32 Å². The van der Waals surface area contributed by atoms with Crippen molar-refractivity contribution < 1.29 is 4.79 Å². The highest BCUT2D eigenvalue weighted by molar-refractivity contribution is 5.93. The van der Waals surface area contributed by atoms with Crippen LogP contribution in [0.1, 0.15) is 56.1 Å². The Morgan fingerprint density at radius 1 is 1.56 bits per heavy atom. The largest absolute Gasteiger partial charge is 0.317 e. The molecular formula is C13H22N4O. The number of hydrogen-bond acceptors (Lipinski definition) is 4. The topological polar surface area (TPSA) is 59.8 Å². The maximum absolute atomic E-state index is 12.0. The molecule has 2 heterocycles. The van der Waals surface area contributed by atoms with E-state index in [4.69, 9.17) is 0 Å². The molecule has 0 amide bonds. The number of carbonyl (C=O) groups is 1. The van der Waals surface area contributed by atoms with E-state index in [0.29, 0.717) is 24.1 Å². The Morgan fingerprint density at radius 3 is 2.94 bits per heavy atom. The molecular weight excluding hydrogens is 228 g/mol. The second-order valence-electron chi connectivity index (χ2n) is 5.21. The first-order chi connectivity index (χ1) is 8.70. The van der Waals surface area contributed by atoms with Crippen LogP contribution in [0.2, 0.25) is 0 Å². The first-order valence-corrected chi connectivity index (χ1v) is 6.86. The van der Waals surface area contributed by atoms with Gasteiger partial charge in [-0.1, -0.05) is 25.5 Å². The van der Waals surface area contributed by atoms with E-state index in [9.17, 15) is 4.79 Å². The van der Waals surface area contributed by atoms with E-state index in [-0.39, 0.29) is 5.78 Å². The first kappa shape index (κ1) is 13.2. The van der Waals surface area contributed by atoms with Crippen molar-refractivity contribution in [2.45, 2.75) is 45.6 Å². The fourth-order valence-corrected chi connectivity index (χ4v) is 2.22. The molecule has 0 aliphatic carbocycles. The highest BCUT2D eigenvalue weighted by atomic mass is 16.1. The number of piperidine rings is 1. The lowest BCUT2D eigenvalue weighted by atomic mass is 10.0. The van der Waals surface area contributed by atoms with Gasteiger partial charge in [-0.3, -0.25) is 4.79 Å². The van der Waals surface area contributed by atoms with Crippen molar-refractivity contribution in [1.29, 1.82) is 0 Å². The number of Topliss-reactive ketones (excluding diaryl/α,β-unsaturated/α-hetero) is 1. The van der Waals surface area contributed by atoms with Gasteiger partial charge in [0.25, 0.3) is 0 Å². The van der Waals surface area contributed by atoms with Gasteiger partial charge in [-0.25, -0.2) is 4.68 Å². The van der Waals surface area contributed by atoms with Gasteiger partial charge in [0.1, 0.15) is 5.69 Å². The number of nitrogens with one attached hydrogen (secondary N) is 1. The van der Waals surface area contributed by atoms with Gasteiger partial charge in [0, 0.05) is 6.42 Å². The fourth-order valence-electron chi connectivity index (χ4n) is 2.22. The van der Waals surface area contributed by atoms with Crippen LogP contribution in [0.3, 0.4) is 0 Å². The van der Waals surface area contributed by atoms with Gasteiger partial charge in [-0.2, -0.15) is 0 Å². The number of rotatable bonds is 5.